The van der Waals surface area contributed by atoms with Crippen LogP contribution in [-0.2, 0) is 17.8 Å². The van der Waals surface area contributed by atoms with Crippen molar-refractivity contribution in [3.63, 3.8) is 0 Å². The molecular formula is C18H18ClNO3. The summed E-state index contributed by atoms with van der Waals surface area (Å²) in [5.41, 5.74) is 2.70. The number of benzene rings is 2. The number of ether oxygens (including phenoxy) is 1. The third-order valence-electron chi connectivity index (χ3n) is 3.97. The first kappa shape index (κ1) is 15.8. The topological polar surface area (TPSA) is 49.8 Å². The summed E-state index contributed by atoms with van der Waals surface area (Å²) in [7, 11) is 0. The Hall–Kier alpha value is -2.04. The smallest absolute Gasteiger partial charge is 0.414 e. The lowest BCUT2D eigenvalue weighted by atomic mass is 9.93. The molecule has 0 saturated carbocycles. The molecule has 5 heteroatoms. The van der Waals surface area contributed by atoms with Gasteiger partial charge in [-0.1, -0.05) is 41.9 Å². The molecule has 4 nitrogen and oxygen atoms in total. The molecule has 0 bridgehead atoms. The van der Waals surface area contributed by atoms with Crippen molar-refractivity contribution in [3.8, 4) is 0 Å². The van der Waals surface area contributed by atoms with E-state index in [0.717, 1.165) is 16.8 Å². The number of rotatable bonds is 3. The fourth-order valence-corrected chi connectivity index (χ4v) is 3.00. The van der Waals surface area contributed by atoms with Crippen molar-refractivity contribution >= 4 is 23.4 Å². The molecule has 1 N–H and O–H groups in total. The molecule has 1 heterocycles. The molecule has 23 heavy (non-hydrogen) atoms. The zero-order chi connectivity index (χ0) is 16.2. The lowest BCUT2D eigenvalue weighted by molar-refractivity contribution is 0.142. The van der Waals surface area contributed by atoms with Crippen LogP contribution in [0, 0.1) is 5.92 Å². The molecule has 0 unspecified atom stereocenters. The third-order valence-corrected chi connectivity index (χ3v) is 4.20. The number of aliphatic hydroxyl groups excluding tert-OH is 1. The van der Waals surface area contributed by atoms with E-state index >= 15 is 0 Å². The van der Waals surface area contributed by atoms with Gasteiger partial charge in [0.05, 0.1) is 5.69 Å². The summed E-state index contributed by atoms with van der Waals surface area (Å²) in [5.74, 6) is -0.00904. The molecule has 2 aromatic carbocycles. The van der Waals surface area contributed by atoms with Gasteiger partial charge >= 0.3 is 6.09 Å². The van der Waals surface area contributed by atoms with Gasteiger partial charge in [-0.05, 0) is 35.7 Å². The van der Waals surface area contributed by atoms with Crippen molar-refractivity contribution in [2.45, 2.75) is 13.0 Å². The van der Waals surface area contributed by atoms with Gasteiger partial charge in [0.2, 0.25) is 0 Å². The predicted octanol–water partition coefficient (Wildman–Crippen LogP) is 3.65. The maximum Gasteiger partial charge on any atom is 0.414 e. The molecule has 3 rings (SSSR count). The number of anilines is 1. The van der Waals surface area contributed by atoms with Crippen LogP contribution in [0.25, 0.3) is 0 Å². The second kappa shape index (κ2) is 7.02. The van der Waals surface area contributed by atoms with Gasteiger partial charge in [0.25, 0.3) is 0 Å². The minimum Gasteiger partial charge on any atom is -0.444 e. The van der Waals surface area contributed by atoms with Gasteiger partial charge in [0, 0.05) is 24.1 Å². The van der Waals surface area contributed by atoms with E-state index in [1.807, 2.05) is 42.5 Å². The van der Waals surface area contributed by atoms with Gasteiger partial charge in [-0.15, -0.1) is 0 Å². The zero-order valence-corrected chi connectivity index (χ0v) is 13.4. The number of amides is 1. The molecule has 1 aliphatic rings. The predicted molar refractivity (Wildman–Crippen MR) is 89.7 cm³/mol. The van der Waals surface area contributed by atoms with Crippen LogP contribution in [0.1, 0.15) is 11.1 Å². The van der Waals surface area contributed by atoms with Crippen molar-refractivity contribution in [2.75, 3.05) is 18.1 Å². The maximum atomic E-state index is 12.5. The lowest BCUT2D eigenvalue weighted by Crippen LogP contribution is -2.41. The van der Waals surface area contributed by atoms with Gasteiger partial charge in [-0.25, -0.2) is 4.79 Å². The molecule has 0 fully saturated rings. The molecule has 1 atom stereocenters. The SMILES string of the molecule is O=C(OCc1ccccc1)N1C[C@@H](CO)Cc2cc(Cl)ccc21. The first-order chi connectivity index (χ1) is 11.2. The van der Waals surface area contributed by atoms with Crippen molar-refractivity contribution < 1.29 is 14.6 Å². The van der Waals surface area contributed by atoms with Crippen LogP contribution in [0.5, 0.6) is 0 Å². The van der Waals surface area contributed by atoms with E-state index in [-0.39, 0.29) is 19.1 Å². The van der Waals surface area contributed by atoms with Gasteiger partial charge in [-0.3, -0.25) is 4.90 Å². The van der Waals surface area contributed by atoms with E-state index in [2.05, 4.69) is 0 Å². The van der Waals surface area contributed by atoms with Crippen molar-refractivity contribution in [3.05, 3.63) is 64.7 Å². The number of fused-ring (bicyclic) bond motifs is 1. The summed E-state index contributed by atoms with van der Waals surface area (Å²) in [5, 5.41) is 10.1. The third kappa shape index (κ3) is 3.66. The first-order valence-corrected chi connectivity index (χ1v) is 7.92. The van der Waals surface area contributed by atoms with Crippen molar-refractivity contribution in [2.24, 2.45) is 5.92 Å². The molecule has 1 amide bonds. The summed E-state index contributed by atoms with van der Waals surface area (Å²) >= 11 is 6.04. The molecule has 0 saturated heterocycles. The Bertz CT molecular complexity index is 690. The summed E-state index contributed by atoms with van der Waals surface area (Å²) in [6, 6.07) is 15.0. The molecule has 0 radical (unpaired) electrons. The van der Waals surface area contributed by atoms with E-state index in [1.165, 1.54) is 0 Å². The minimum absolute atomic E-state index is 0.00904. The quantitative estimate of drug-likeness (QED) is 0.934. The Morgan fingerprint density at radius 3 is 2.78 bits per heavy atom. The van der Waals surface area contributed by atoms with Gasteiger partial charge < -0.3 is 9.84 Å². The highest BCUT2D eigenvalue weighted by atomic mass is 35.5. The number of nitrogens with zero attached hydrogens (tertiary/aromatic N) is 1. The minimum atomic E-state index is -0.407. The molecule has 120 valence electrons. The summed E-state index contributed by atoms with van der Waals surface area (Å²) in [6.45, 7) is 0.691. The average molecular weight is 332 g/mol. The second-order valence-corrected chi connectivity index (χ2v) is 6.11. The van der Waals surface area contributed by atoms with Crippen LogP contribution >= 0.6 is 11.6 Å². The molecule has 0 aromatic heterocycles. The molecule has 2 aromatic rings. The normalized spacial score (nSPS) is 16.8. The van der Waals surface area contributed by atoms with E-state index in [4.69, 9.17) is 16.3 Å². The Labute approximate surface area is 140 Å². The van der Waals surface area contributed by atoms with E-state index in [1.54, 1.807) is 11.0 Å². The summed E-state index contributed by atoms with van der Waals surface area (Å²) < 4.78 is 5.42. The highest BCUT2D eigenvalue weighted by molar-refractivity contribution is 6.30. The van der Waals surface area contributed by atoms with E-state index < -0.39 is 6.09 Å². The van der Waals surface area contributed by atoms with Crippen molar-refractivity contribution in [1.82, 2.24) is 0 Å². The first-order valence-electron chi connectivity index (χ1n) is 7.55. The largest absolute Gasteiger partial charge is 0.444 e. The number of halogens is 1. The molecule has 0 aliphatic carbocycles. The summed E-state index contributed by atoms with van der Waals surface area (Å²) in [6.07, 6.45) is 0.296. The maximum absolute atomic E-state index is 12.5. The Kier molecular flexibility index (Phi) is 4.84. The van der Waals surface area contributed by atoms with Crippen LogP contribution < -0.4 is 4.90 Å². The highest BCUT2D eigenvalue weighted by Crippen LogP contribution is 2.32. The molecular weight excluding hydrogens is 314 g/mol. The van der Waals surface area contributed by atoms with Crippen LogP contribution in [0.2, 0.25) is 5.02 Å². The van der Waals surface area contributed by atoms with E-state index in [0.29, 0.717) is 18.0 Å². The Balaban J connectivity index is 1.77. The zero-order valence-electron chi connectivity index (χ0n) is 12.6. The average Bonchev–Trinajstić information content (AvgIpc) is 2.59. The van der Waals surface area contributed by atoms with Crippen LogP contribution in [0.4, 0.5) is 10.5 Å². The fourth-order valence-electron chi connectivity index (χ4n) is 2.81. The van der Waals surface area contributed by atoms with Crippen molar-refractivity contribution in [1.29, 1.82) is 0 Å². The number of hydrogen-bond acceptors (Lipinski definition) is 3. The number of aliphatic hydroxyl groups is 1. The Morgan fingerprint density at radius 1 is 1.26 bits per heavy atom. The monoisotopic (exact) mass is 331 g/mol. The van der Waals surface area contributed by atoms with Gasteiger partial charge in [-0.2, -0.15) is 0 Å². The van der Waals surface area contributed by atoms with E-state index in [9.17, 15) is 9.90 Å². The van der Waals surface area contributed by atoms with Gasteiger partial charge in [0.15, 0.2) is 0 Å². The lowest BCUT2D eigenvalue weighted by Gasteiger charge is -2.33. The molecule has 0 spiro atoms. The Morgan fingerprint density at radius 2 is 2.04 bits per heavy atom. The van der Waals surface area contributed by atoms with Gasteiger partial charge in [0.1, 0.15) is 6.61 Å². The van der Waals surface area contributed by atoms with Crippen LogP contribution in [0.3, 0.4) is 0 Å². The number of carbonyl (C=O) groups is 1. The fraction of sp³-hybridized carbons (Fsp3) is 0.278. The molecule has 1 aliphatic heterocycles. The van der Waals surface area contributed by atoms with Crippen LogP contribution in [-0.4, -0.2) is 24.4 Å². The number of hydrogen-bond donors (Lipinski definition) is 1. The standard InChI is InChI=1S/C18H18ClNO3/c19-16-6-7-17-15(9-16)8-14(11-21)10-20(17)18(22)23-12-13-4-2-1-3-5-13/h1-7,9,14,21H,8,10-12H2/t14-/m0/s1. The summed E-state index contributed by atoms with van der Waals surface area (Å²) in [4.78, 5) is 14.1. The van der Waals surface area contributed by atoms with Crippen LogP contribution in [0.15, 0.2) is 48.5 Å². The number of carbonyl (C=O) groups excluding carboxylic acids is 1. The second-order valence-electron chi connectivity index (χ2n) is 5.68. The highest BCUT2D eigenvalue weighted by Gasteiger charge is 2.29.